The molecular formula is C19H19N3OS2. The Bertz CT molecular complexity index is 854. The molecule has 4 rings (SSSR count). The number of fused-ring (bicyclic) bond motifs is 1. The minimum Gasteiger partial charge on any atom is -0.370 e. The third kappa shape index (κ3) is 3.80. The van der Waals surface area contributed by atoms with Gasteiger partial charge in [0.15, 0.2) is 4.34 Å². The van der Waals surface area contributed by atoms with Crippen molar-refractivity contribution in [3.8, 4) is 0 Å². The molecule has 0 bridgehead atoms. The van der Waals surface area contributed by atoms with Gasteiger partial charge in [-0.05, 0) is 37.1 Å². The highest BCUT2D eigenvalue weighted by atomic mass is 32.2. The third-order valence-corrected chi connectivity index (χ3v) is 6.41. The molecule has 1 amide bonds. The average Bonchev–Trinajstić information content (AvgIpc) is 3.30. The lowest BCUT2D eigenvalue weighted by molar-refractivity contribution is -0.113. The Morgan fingerprint density at radius 1 is 1.12 bits per heavy atom. The van der Waals surface area contributed by atoms with Crippen LogP contribution in [0.2, 0.25) is 0 Å². The molecule has 0 saturated carbocycles. The maximum absolute atomic E-state index is 12.4. The molecule has 1 saturated heterocycles. The van der Waals surface area contributed by atoms with Crippen LogP contribution >= 0.6 is 23.1 Å². The van der Waals surface area contributed by atoms with Crippen molar-refractivity contribution in [2.45, 2.75) is 17.2 Å². The summed E-state index contributed by atoms with van der Waals surface area (Å²) in [5, 5.41) is 3.07. The fraction of sp³-hybridized carbons (Fsp3) is 0.263. The summed E-state index contributed by atoms with van der Waals surface area (Å²) >= 11 is 3.13. The van der Waals surface area contributed by atoms with Gasteiger partial charge in [-0.2, -0.15) is 0 Å². The number of amides is 1. The molecule has 4 nitrogen and oxygen atoms in total. The molecule has 25 heavy (non-hydrogen) atoms. The molecule has 1 fully saturated rings. The Hall–Kier alpha value is -2.05. The lowest BCUT2D eigenvalue weighted by Gasteiger charge is -2.21. The first kappa shape index (κ1) is 16.4. The van der Waals surface area contributed by atoms with Gasteiger partial charge in [0.25, 0.3) is 0 Å². The number of thioether (sulfide) groups is 1. The number of aromatic nitrogens is 1. The molecule has 2 aromatic carbocycles. The maximum Gasteiger partial charge on any atom is 0.234 e. The van der Waals surface area contributed by atoms with Crippen LogP contribution in [-0.4, -0.2) is 29.7 Å². The summed E-state index contributed by atoms with van der Waals surface area (Å²) < 4.78 is 2.09. The van der Waals surface area contributed by atoms with Crippen molar-refractivity contribution in [3.05, 3.63) is 48.5 Å². The van der Waals surface area contributed by atoms with Gasteiger partial charge in [-0.15, -0.1) is 11.3 Å². The van der Waals surface area contributed by atoms with Gasteiger partial charge in [-0.1, -0.05) is 36.0 Å². The predicted octanol–water partition coefficient (Wildman–Crippen LogP) is 4.63. The Morgan fingerprint density at radius 2 is 1.88 bits per heavy atom. The number of carbonyl (C=O) groups excluding carboxylic acids is 1. The first-order valence-electron chi connectivity index (χ1n) is 8.42. The van der Waals surface area contributed by atoms with Gasteiger partial charge < -0.3 is 10.2 Å². The lowest BCUT2D eigenvalue weighted by atomic mass is 10.2. The molecule has 2 heterocycles. The fourth-order valence-electron chi connectivity index (χ4n) is 3.04. The molecular weight excluding hydrogens is 350 g/mol. The number of anilines is 2. The van der Waals surface area contributed by atoms with Crippen LogP contribution in [0, 0.1) is 0 Å². The van der Waals surface area contributed by atoms with Gasteiger partial charge in [0, 0.05) is 13.1 Å². The average molecular weight is 370 g/mol. The number of hydrogen-bond acceptors (Lipinski definition) is 5. The zero-order chi connectivity index (χ0) is 17.1. The number of hydrogen-bond donors (Lipinski definition) is 1. The van der Waals surface area contributed by atoms with Crippen LogP contribution in [0.4, 0.5) is 11.4 Å². The zero-order valence-electron chi connectivity index (χ0n) is 13.8. The molecule has 1 aliphatic heterocycles. The van der Waals surface area contributed by atoms with E-state index < -0.39 is 0 Å². The lowest BCUT2D eigenvalue weighted by Crippen LogP contribution is -2.21. The van der Waals surface area contributed by atoms with Gasteiger partial charge in [0.1, 0.15) is 0 Å². The summed E-state index contributed by atoms with van der Waals surface area (Å²) in [7, 11) is 0. The smallest absolute Gasteiger partial charge is 0.234 e. The number of thiazole rings is 1. The zero-order valence-corrected chi connectivity index (χ0v) is 15.4. The molecule has 1 aromatic heterocycles. The molecule has 6 heteroatoms. The van der Waals surface area contributed by atoms with E-state index in [0.717, 1.165) is 39.0 Å². The highest BCUT2D eigenvalue weighted by Gasteiger charge is 2.16. The van der Waals surface area contributed by atoms with Crippen molar-refractivity contribution in [1.29, 1.82) is 0 Å². The molecule has 1 aliphatic rings. The Morgan fingerprint density at radius 3 is 2.72 bits per heavy atom. The monoisotopic (exact) mass is 369 g/mol. The third-order valence-electron chi connectivity index (χ3n) is 4.23. The highest BCUT2D eigenvalue weighted by Crippen LogP contribution is 2.31. The van der Waals surface area contributed by atoms with E-state index >= 15 is 0 Å². The summed E-state index contributed by atoms with van der Waals surface area (Å²) in [6, 6.07) is 16.1. The first-order valence-corrected chi connectivity index (χ1v) is 10.2. The summed E-state index contributed by atoms with van der Waals surface area (Å²) in [5.74, 6) is 0.379. The van der Waals surface area contributed by atoms with Crippen LogP contribution in [0.25, 0.3) is 10.2 Å². The van der Waals surface area contributed by atoms with Crippen molar-refractivity contribution in [2.75, 3.05) is 29.1 Å². The molecule has 0 unspecified atom stereocenters. The standard InChI is InChI=1S/C19H19N3OS2/c23-18(13-24-19-21-15-8-2-4-10-17(15)25-19)20-14-7-1-3-9-16(14)22-11-5-6-12-22/h1-4,7-10H,5-6,11-13H2,(H,20,23). The Labute approximate surface area is 155 Å². The number of nitrogens with zero attached hydrogens (tertiary/aromatic N) is 2. The fourth-order valence-corrected chi connectivity index (χ4v) is 4.91. The molecule has 3 aromatic rings. The normalized spacial score (nSPS) is 14.2. The first-order chi connectivity index (χ1) is 12.3. The van der Waals surface area contributed by atoms with E-state index in [1.54, 1.807) is 11.3 Å². The largest absolute Gasteiger partial charge is 0.370 e. The Balaban J connectivity index is 1.40. The number of rotatable bonds is 5. The van der Waals surface area contributed by atoms with Gasteiger partial charge >= 0.3 is 0 Å². The van der Waals surface area contributed by atoms with Crippen molar-refractivity contribution in [2.24, 2.45) is 0 Å². The van der Waals surface area contributed by atoms with Crippen LogP contribution in [0.5, 0.6) is 0 Å². The summed E-state index contributed by atoms with van der Waals surface area (Å²) in [6.45, 7) is 2.13. The molecule has 0 atom stereocenters. The highest BCUT2D eigenvalue weighted by molar-refractivity contribution is 8.01. The number of benzene rings is 2. The van der Waals surface area contributed by atoms with E-state index in [1.807, 2.05) is 36.4 Å². The maximum atomic E-state index is 12.4. The molecule has 0 radical (unpaired) electrons. The molecule has 0 spiro atoms. The Kier molecular flexibility index (Phi) is 4.90. The minimum absolute atomic E-state index is 0.0101. The molecule has 0 aliphatic carbocycles. The van der Waals surface area contributed by atoms with E-state index in [9.17, 15) is 4.79 Å². The van der Waals surface area contributed by atoms with Gasteiger partial charge in [0.05, 0.1) is 27.3 Å². The topological polar surface area (TPSA) is 45.2 Å². The van der Waals surface area contributed by atoms with Crippen LogP contribution in [0.3, 0.4) is 0 Å². The molecule has 1 N–H and O–H groups in total. The second-order valence-electron chi connectivity index (χ2n) is 6.00. The van der Waals surface area contributed by atoms with Crippen molar-refractivity contribution >= 4 is 50.6 Å². The minimum atomic E-state index is 0.0101. The summed E-state index contributed by atoms with van der Waals surface area (Å²) in [5.41, 5.74) is 3.02. The van der Waals surface area contributed by atoms with E-state index in [2.05, 4.69) is 27.3 Å². The van der Waals surface area contributed by atoms with Gasteiger partial charge in [-0.3, -0.25) is 4.79 Å². The van der Waals surface area contributed by atoms with Gasteiger partial charge in [-0.25, -0.2) is 4.98 Å². The van der Waals surface area contributed by atoms with E-state index in [4.69, 9.17) is 0 Å². The van der Waals surface area contributed by atoms with Crippen molar-refractivity contribution in [1.82, 2.24) is 4.98 Å². The van der Waals surface area contributed by atoms with Crippen molar-refractivity contribution < 1.29 is 4.79 Å². The van der Waals surface area contributed by atoms with Crippen LogP contribution in [-0.2, 0) is 4.79 Å². The number of nitrogens with one attached hydrogen (secondary N) is 1. The molecule has 128 valence electrons. The van der Waals surface area contributed by atoms with Crippen LogP contribution < -0.4 is 10.2 Å². The quantitative estimate of drug-likeness (QED) is 0.666. The number of para-hydroxylation sites is 3. The van der Waals surface area contributed by atoms with E-state index in [1.165, 1.54) is 24.6 Å². The second kappa shape index (κ2) is 7.45. The van der Waals surface area contributed by atoms with Crippen molar-refractivity contribution in [3.63, 3.8) is 0 Å². The van der Waals surface area contributed by atoms with Crippen LogP contribution in [0.1, 0.15) is 12.8 Å². The van der Waals surface area contributed by atoms with Gasteiger partial charge in [0.2, 0.25) is 5.91 Å². The van der Waals surface area contributed by atoms with E-state index in [0.29, 0.717) is 5.75 Å². The van der Waals surface area contributed by atoms with Crippen LogP contribution in [0.15, 0.2) is 52.9 Å². The summed E-state index contributed by atoms with van der Waals surface area (Å²) in [4.78, 5) is 19.3. The second-order valence-corrected chi connectivity index (χ2v) is 8.25. The SMILES string of the molecule is O=C(CSc1nc2ccccc2s1)Nc1ccccc1N1CCCC1. The van der Waals surface area contributed by atoms with E-state index in [-0.39, 0.29) is 5.91 Å². The summed E-state index contributed by atoms with van der Waals surface area (Å²) in [6.07, 6.45) is 2.44. The number of carbonyl (C=O) groups is 1. The predicted molar refractivity (Wildman–Crippen MR) is 107 cm³/mol.